The van der Waals surface area contributed by atoms with Crippen molar-refractivity contribution < 1.29 is 8.42 Å². The fourth-order valence-electron chi connectivity index (χ4n) is 3.10. The Bertz CT molecular complexity index is 1020. The zero-order valence-electron chi connectivity index (χ0n) is 13.5. The number of hydrogen-bond donors (Lipinski definition) is 0. The maximum Gasteiger partial charge on any atom is 0.264 e. The van der Waals surface area contributed by atoms with Crippen molar-refractivity contribution in [3.8, 4) is 10.4 Å². The van der Waals surface area contributed by atoms with Crippen LogP contribution in [0.5, 0.6) is 0 Å². The Morgan fingerprint density at radius 1 is 1.00 bits per heavy atom. The fraction of sp³-hybridized carbons (Fsp3) is 0.158. The van der Waals surface area contributed by atoms with Crippen molar-refractivity contribution in [3.63, 3.8) is 0 Å². The quantitative estimate of drug-likeness (QED) is 0.666. The van der Waals surface area contributed by atoms with Crippen LogP contribution in [0.3, 0.4) is 0 Å². The zero-order valence-corrected chi connectivity index (χ0v) is 15.1. The lowest BCUT2D eigenvalue weighted by atomic mass is 10.0. The van der Waals surface area contributed by atoms with E-state index in [1.807, 2.05) is 49.6 Å². The van der Waals surface area contributed by atoms with Gasteiger partial charge in [0, 0.05) is 0 Å². The minimum atomic E-state index is -3.59. The third-order valence-electron chi connectivity index (χ3n) is 4.38. The molecule has 0 aliphatic carbocycles. The Kier molecular flexibility index (Phi) is 3.51. The Morgan fingerprint density at radius 3 is 2.46 bits per heavy atom. The van der Waals surface area contributed by atoms with E-state index in [1.165, 1.54) is 0 Å². The monoisotopic (exact) mass is 355 g/mol. The normalized spacial score (nSPS) is 13.5. The van der Waals surface area contributed by atoms with Crippen LogP contribution in [-0.2, 0) is 16.6 Å². The molecule has 0 spiro atoms. The molecule has 0 radical (unpaired) electrons. The largest absolute Gasteiger partial charge is 0.264 e. The maximum atomic E-state index is 13.3. The van der Waals surface area contributed by atoms with Gasteiger partial charge in [-0.15, -0.1) is 11.3 Å². The topological polar surface area (TPSA) is 37.4 Å². The highest BCUT2D eigenvalue weighted by molar-refractivity contribution is 7.92. The minimum Gasteiger partial charge on any atom is -0.260 e. The molecule has 3 nitrogen and oxygen atoms in total. The molecule has 0 unspecified atom stereocenters. The maximum absolute atomic E-state index is 13.3. The van der Waals surface area contributed by atoms with Crippen molar-refractivity contribution in [3.05, 3.63) is 70.6 Å². The molecule has 1 aromatic heterocycles. The SMILES string of the molecule is Cc1ccc(S(=O)(=O)N2Cc3ccccc3-c3scc(C)c32)cc1. The summed E-state index contributed by atoms with van der Waals surface area (Å²) in [6, 6.07) is 15.1. The molecule has 2 aromatic carbocycles. The van der Waals surface area contributed by atoms with Gasteiger partial charge in [-0.2, -0.15) is 0 Å². The number of fused-ring (bicyclic) bond motifs is 3. The molecule has 0 saturated heterocycles. The Hall–Kier alpha value is -2.11. The summed E-state index contributed by atoms with van der Waals surface area (Å²) >= 11 is 1.61. The second kappa shape index (κ2) is 5.46. The number of anilines is 1. The number of benzene rings is 2. The van der Waals surface area contributed by atoms with Gasteiger partial charge in [0.05, 0.1) is 22.0 Å². The van der Waals surface area contributed by atoms with Gasteiger partial charge in [0.2, 0.25) is 0 Å². The molecule has 5 heteroatoms. The van der Waals surface area contributed by atoms with Gasteiger partial charge in [0.15, 0.2) is 0 Å². The smallest absolute Gasteiger partial charge is 0.260 e. The van der Waals surface area contributed by atoms with Gasteiger partial charge in [-0.05, 0) is 48.1 Å². The number of nitrogens with zero attached hydrogens (tertiary/aromatic N) is 1. The second-order valence-electron chi connectivity index (χ2n) is 6.08. The van der Waals surface area contributed by atoms with Crippen LogP contribution >= 0.6 is 11.3 Å². The Balaban J connectivity index is 1.91. The molecule has 0 saturated carbocycles. The van der Waals surface area contributed by atoms with Crippen LogP contribution in [0.1, 0.15) is 16.7 Å². The summed E-state index contributed by atoms with van der Waals surface area (Å²) in [7, 11) is -3.59. The first-order valence-electron chi connectivity index (χ1n) is 7.74. The molecular formula is C19H17NO2S2. The van der Waals surface area contributed by atoms with Gasteiger partial charge >= 0.3 is 0 Å². The number of sulfonamides is 1. The van der Waals surface area contributed by atoms with Crippen molar-refractivity contribution in [2.24, 2.45) is 0 Å². The predicted octanol–water partition coefficient (Wildman–Crippen LogP) is 4.74. The van der Waals surface area contributed by atoms with Crippen LogP contribution in [0.25, 0.3) is 10.4 Å². The van der Waals surface area contributed by atoms with E-state index in [1.54, 1.807) is 27.8 Å². The molecule has 0 N–H and O–H groups in total. The van der Waals surface area contributed by atoms with Crippen LogP contribution in [0.2, 0.25) is 0 Å². The van der Waals surface area contributed by atoms with Crippen LogP contribution in [0, 0.1) is 13.8 Å². The van der Waals surface area contributed by atoms with Crippen LogP contribution in [-0.4, -0.2) is 8.42 Å². The Labute approximate surface area is 146 Å². The first-order chi connectivity index (χ1) is 11.5. The van der Waals surface area contributed by atoms with Gasteiger partial charge in [-0.3, -0.25) is 4.31 Å². The lowest BCUT2D eigenvalue weighted by molar-refractivity contribution is 0.590. The molecule has 1 aliphatic rings. The van der Waals surface area contributed by atoms with Gasteiger partial charge in [-0.1, -0.05) is 42.0 Å². The minimum absolute atomic E-state index is 0.337. The molecule has 1 aliphatic heterocycles. The van der Waals surface area contributed by atoms with Gasteiger partial charge < -0.3 is 0 Å². The number of rotatable bonds is 2. The molecule has 4 rings (SSSR count). The van der Waals surface area contributed by atoms with Gasteiger partial charge in [0.1, 0.15) is 0 Å². The summed E-state index contributed by atoms with van der Waals surface area (Å²) in [5.74, 6) is 0. The summed E-state index contributed by atoms with van der Waals surface area (Å²) in [5.41, 5.74) is 5.05. The van der Waals surface area contributed by atoms with Crippen molar-refractivity contribution >= 4 is 27.0 Å². The predicted molar refractivity (Wildman–Crippen MR) is 99.0 cm³/mol. The second-order valence-corrected chi connectivity index (χ2v) is 8.82. The molecule has 0 fully saturated rings. The van der Waals surface area contributed by atoms with Gasteiger partial charge in [0.25, 0.3) is 10.0 Å². The lowest BCUT2D eigenvalue weighted by Gasteiger charge is -2.30. The van der Waals surface area contributed by atoms with E-state index in [4.69, 9.17) is 0 Å². The third kappa shape index (κ3) is 2.27. The van der Waals surface area contributed by atoms with Crippen LogP contribution < -0.4 is 4.31 Å². The first-order valence-corrected chi connectivity index (χ1v) is 10.1. The number of aryl methyl sites for hydroxylation is 2. The van der Waals surface area contributed by atoms with Crippen LogP contribution in [0.15, 0.2) is 58.8 Å². The molecule has 0 amide bonds. The highest BCUT2D eigenvalue weighted by atomic mass is 32.2. The van der Waals surface area contributed by atoms with E-state index in [0.717, 1.165) is 32.8 Å². The van der Waals surface area contributed by atoms with Gasteiger partial charge in [-0.25, -0.2) is 8.42 Å². The van der Waals surface area contributed by atoms with Crippen molar-refractivity contribution in [2.45, 2.75) is 25.3 Å². The standard InChI is InChI=1S/C19H17NO2S2/c1-13-7-9-16(10-8-13)24(21,22)20-11-15-5-3-4-6-17(15)19-18(20)14(2)12-23-19/h3-10,12H,11H2,1-2H3. The average molecular weight is 355 g/mol. The molecule has 3 aromatic rings. The summed E-state index contributed by atoms with van der Waals surface area (Å²) in [4.78, 5) is 1.37. The Morgan fingerprint density at radius 2 is 1.71 bits per heavy atom. The highest BCUT2D eigenvalue weighted by Gasteiger charge is 2.33. The van der Waals surface area contributed by atoms with E-state index in [0.29, 0.717) is 11.4 Å². The third-order valence-corrected chi connectivity index (χ3v) is 7.26. The molecule has 2 heterocycles. The summed E-state index contributed by atoms with van der Waals surface area (Å²) in [6.45, 7) is 4.30. The van der Waals surface area contributed by atoms with E-state index < -0.39 is 10.0 Å². The highest BCUT2D eigenvalue weighted by Crippen LogP contribution is 2.47. The first kappa shape index (κ1) is 15.4. The van der Waals surface area contributed by atoms with E-state index >= 15 is 0 Å². The zero-order chi connectivity index (χ0) is 16.9. The molecular weight excluding hydrogens is 338 g/mol. The number of thiophene rings is 1. The number of hydrogen-bond acceptors (Lipinski definition) is 3. The summed E-state index contributed by atoms with van der Waals surface area (Å²) in [5, 5.41) is 2.03. The summed E-state index contributed by atoms with van der Waals surface area (Å²) < 4.78 is 28.1. The molecule has 122 valence electrons. The molecule has 0 atom stereocenters. The lowest BCUT2D eigenvalue weighted by Crippen LogP contribution is -2.33. The van der Waals surface area contributed by atoms with E-state index in [2.05, 4.69) is 6.07 Å². The van der Waals surface area contributed by atoms with Crippen molar-refractivity contribution in [2.75, 3.05) is 4.31 Å². The van der Waals surface area contributed by atoms with E-state index in [-0.39, 0.29) is 0 Å². The summed E-state index contributed by atoms with van der Waals surface area (Å²) in [6.07, 6.45) is 0. The van der Waals surface area contributed by atoms with Crippen molar-refractivity contribution in [1.29, 1.82) is 0 Å². The van der Waals surface area contributed by atoms with Crippen LogP contribution in [0.4, 0.5) is 5.69 Å². The van der Waals surface area contributed by atoms with Crippen molar-refractivity contribution in [1.82, 2.24) is 0 Å². The average Bonchev–Trinajstić information content (AvgIpc) is 2.97. The molecule has 24 heavy (non-hydrogen) atoms. The fourth-order valence-corrected chi connectivity index (χ4v) is 5.79. The van der Waals surface area contributed by atoms with E-state index in [9.17, 15) is 8.42 Å². The molecule has 0 bridgehead atoms.